The minimum Gasteiger partial charge on any atom is -0.308 e. The molecule has 0 amide bonds. The summed E-state index contributed by atoms with van der Waals surface area (Å²) in [7, 11) is -2.87. The van der Waals surface area contributed by atoms with Gasteiger partial charge < -0.3 is 5.32 Å². The fourth-order valence-corrected chi connectivity index (χ4v) is 3.81. The molecule has 1 aliphatic heterocycles. The highest BCUT2D eigenvalue weighted by atomic mass is 32.2. The van der Waals surface area contributed by atoms with E-state index in [2.05, 4.69) is 24.1 Å². The first-order valence-electron chi connectivity index (χ1n) is 7.51. The van der Waals surface area contributed by atoms with Gasteiger partial charge in [0, 0.05) is 37.5 Å². The maximum absolute atomic E-state index is 11.4. The van der Waals surface area contributed by atoms with E-state index >= 15 is 0 Å². The molecular formula is C14H28N2O2S. The van der Waals surface area contributed by atoms with Crippen LogP contribution in [0, 0.1) is 5.92 Å². The van der Waals surface area contributed by atoms with Gasteiger partial charge in [-0.05, 0) is 32.1 Å². The van der Waals surface area contributed by atoms with E-state index in [-0.39, 0.29) is 11.3 Å². The molecule has 19 heavy (non-hydrogen) atoms. The molecule has 0 aromatic carbocycles. The summed E-state index contributed by atoms with van der Waals surface area (Å²) in [6.45, 7) is 7.19. The van der Waals surface area contributed by atoms with Crippen LogP contribution < -0.4 is 5.32 Å². The maximum Gasteiger partial charge on any atom is 0.148 e. The van der Waals surface area contributed by atoms with Crippen molar-refractivity contribution in [1.29, 1.82) is 0 Å². The first-order valence-corrected chi connectivity index (χ1v) is 9.57. The Labute approximate surface area is 117 Å². The fraction of sp³-hybridized carbons (Fsp3) is 1.00. The predicted molar refractivity (Wildman–Crippen MR) is 79.1 cm³/mol. The van der Waals surface area contributed by atoms with Crippen molar-refractivity contribution >= 4 is 9.84 Å². The summed E-state index contributed by atoms with van der Waals surface area (Å²) < 4.78 is 22.8. The summed E-state index contributed by atoms with van der Waals surface area (Å²) in [6, 6.07) is 0.499. The first-order chi connectivity index (χ1) is 8.84. The topological polar surface area (TPSA) is 49.4 Å². The van der Waals surface area contributed by atoms with E-state index in [1.165, 1.54) is 19.1 Å². The minimum atomic E-state index is -2.87. The Balaban J connectivity index is 1.99. The van der Waals surface area contributed by atoms with Gasteiger partial charge in [0.25, 0.3) is 0 Å². The number of nitrogens with one attached hydrogen (secondary N) is 1. The average Bonchev–Trinajstić information content (AvgIpc) is 3.13. The van der Waals surface area contributed by atoms with Crippen LogP contribution in [0.25, 0.3) is 0 Å². The third kappa shape index (κ3) is 4.17. The lowest BCUT2D eigenvalue weighted by Gasteiger charge is -2.46. The van der Waals surface area contributed by atoms with Crippen molar-refractivity contribution in [3.05, 3.63) is 0 Å². The molecule has 2 aliphatic rings. The van der Waals surface area contributed by atoms with Gasteiger partial charge in [-0.15, -0.1) is 0 Å². The lowest BCUT2D eigenvalue weighted by atomic mass is 9.90. The molecular weight excluding hydrogens is 260 g/mol. The van der Waals surface area contributed by atoms with Gasteiger partial charge in [0.1, 0.15) is 9.84 Å². The smallest absolute Gasteiger partial charge is 0.148 e. The molecule has 2 fully saturated rings. The number of sulfone groups is 1. The van der Waals surface area contributed by atoms with Gasteiger partial charge >= 0.3 is 0 Å². The van der Waals surface area contributed by atoms with E-state index < -0.39 is 9.84 Å². The quantitative estimate of drug-likeness (QED) is 0.800. The molecule has 1 saturated heterocycles. The standard InChI is InChI=1S/C14H28N2O2S/c1-4-5-13-10-15-14(2,12-6-7-12)11-16(13)8-9-19(3,17)18/h12-13,15H,4-11H2,1-3H3. The SMILES string of the molecule is CCCC1CNC(C)(C2CC2)CN1CCS(C)(=O)=O. The summed E-state index contributed by atoms with van der Waals surface area (Å²) >= 11 is 0. The van der Waals surface area contributed by atoms with Crippen molar-refractivity contribution in [1.82, 2.24) is 10.2 Å². The van der Waals surface area contributed by atoms with Crippen molar-refractivity contribution < 1.29 is 8.42 Å². The van der Waals surface area contributed by atoms with Gasteiger partial charge in [0.15, 0.2) is 0 Å². The largest absolute Gasteiger partial charge is 0.308 e. The number of hydrogen-bond donors (Lipinski definition) is 1. The second-order valence-corrected chi connectivity index (χ2v) is 8.88. The highest BCUT2D eigenvalue weighted by Crippen LogP contribution is 2.41. The highest BCUT2D eigenvalue weighted by Gasteiger charge is 2.45. The number of nitrogens with zero attached hydrogens (tertiary/aromatic N) is 1. The lowest BCUT2D eigenvalue weighted by molar-refractivity contribution is 0.0756. The summed E-state index contributed by atoms with van der Waals surface area (Å²) in [6.07, 6.45) is 6.28. The zero-order valence-corrected chi connectivity index (χ0v) is 13.3. The van der Waals surface area contributed by atoms with Crippen LogP contribution in [0.4, 0.5) is 0 Å². The van der Waals surface area contributed by atoms with E-state index in [4.69, 9.17) is 0 Å². The van der Waals surface area contributed by atoms with Crippen molar-refractivity contribution in [2.45, 2.75) is 51.1 Å². The van der Waals surface area contributed by atoms with E-state index in [0.717, 1.165) is 31.8 Å². The van der Waals surface area contributed by atoms with Crippen molar-refractivity contribution in [2.75, 3.05) is 31.6 Å². The molecule has 1 saturated carbocycles. The zero-order chi connectivity index (χ0) is 14.1. The molecule has 0 radical (unpaired) electrons. The van der Waals surface area contributed by atoms with Gasteiger partial charge in [0.2, 0.25) is 0 Å². The van der Waals surface area contributed by atoms with E-state index in [1.54, 1.807) is 0 Å². The zero-order valence-electron chi connectivity index (χ0n) is 12.5. The molecule has 5 heteroatoms. The number of hydrogen-bond acceptors (Lipinski definition) is 4. The van der Waals surface area contributed by atoms with E-state index in [9.17, 15) is 8.42 Å². The monoisotopic (exact) mass is 288 g/mol. The Hall–Kier alpha value is -0.130. The molecule has 0 aromatic rings. The summed E-state index contributed by atoms with van der Waals surface area (Å²) in [5.74, 6) is 1.07. The van der Waals surface area contributed by atoms with Gasteiger partial charge in [-0.1, -0.05) is 13.3 Å². The Morgan fingerprint density at radius 2 is 2.05 bits per heavy atom. The Bertz CT molecular complexity index is 406. The van der Waals surface area contributed by atoms with Crippen molar-refractivity contribution in [2.24, 2.45) is 5.92 Å². The van der Waals surface area contributed by atoms with Crippen LogP contribution in [-0.2, 0) is 9.84 Å². The average molecular weight is 288 g/mol. The molecule has 2 unspecified atom stereocenters. The molecule has 0 bridgehead atoms. The fourth-order valence-electron chi connectivity index (χ4n) is 3.24. The second-order valence-electron chi connectivity index (χ2n) is 6.62. The third-order valence-electron chi connectivity index (χ3n) is 4.64. The van der Waals surface area contributed by atoms with Crippen LogP contribution in [0.1, 0.15) is 39.5 Å². The molecule has 0 aromatic heterocycles. The summed E-state index contributed by atoms with van der Waals surface area (Å²) in [4.78, 5) is 2.42. The molecule has 1 aliphatic carbocycles. The molecule has 4 nitrogen and oxygen atoms in total. The number of piperazine rings is 1. The molecule has 2 rings (SSSR count). The Morgan fingerprint density at radius 3 is 2.58 bits per heavy atom. The molecule has 1 heterocycles. The molecule has 2 atom stereocenters. The van der Waals surface area contributed by atoms with Crippen molar-refractivity contribution in [3.63, 3.8) is 0 Å². The van der Waals surface area contributed by atoms with Crippen molar-refractivity contribution in [3.8, 4) is 0 Å². The summed E-state index contributed by atoms with van der Waals surface area (Å²) in [5.41, 5.74) is 0.196. The van der Waals surface area contributed by atoms with Crippen LogP contribution in [-0.4, -0.2) is 56.5 Å². The Morgan fingerprint density at radius 1 is 1.37 bits per heavy atom. The van der Waals surface area contributed by atoms with Gasteiger partial charge in [-0.25, -0.2) is 8.42 Å². The maximum atomic E-state index is 11.4. The van der Waals surface area contributed by atoms with E-state index in [0.29, 0.717) is 12.6 Å². The first kappa shape index (κ1) is 15.3. The molecule has 1 N–H and O–H groups in total. The Kier molecular flexibility index (Phi) is 4.58. The van der Waals surface area contributed by atoms with Gasteiger partial charge in [-0.3, -0.25) is 4.90 Å². The van der Waals surface area contributed by atoms with Crippen LogP contribution >= 0.6 is 0 Å². The van der Waals surface area contributed by atoms with Gasteiger partial charge in [0.05, 0.1) is 5.75 Å². The second kappa shape index (κ2) is 5.70. The lowest BCUT2D eigenvalue weighted by Crippen LogP contribution is -2.64. The van der Waals surface area contributed by atoms with E-state index in [1.807, 2.05) is 0 Å². The highest BCUT2D eigenvalue weighted by molar-refractivity contribution is 7.90. The molecule has 112 valence electrons. The normalized spacial score (nSPS) is 33.5. The minimum absolute atomic E-state index is 0.196. The van der Waals surface area contributed by atoms with Crippen LogP contribution in [0.3, 0.4) is 0 Å². The van der Waals surface area contributed by atoms with Crippen LogP contribution in [0.2, 0.25) is 0 Å². The van der Waals surface area contributed by atoms with Crippen LogP contribution in [0.15, 0.2) is 0 Å². The predicted octanol–water partition coefficient (Wildman–Crippen LogP) is 1.27. The summed E-state index contributed by atoms with van der Waals surface area (Å²) in [5, 5.41) is 3.73. The van der Waals surface area contributed by atoms with Gasteiger partial charge in [-0.2, -0.15) is 0 Å². The third-order valence-corrected chi connectivity index (χ3v) is 5.56. The van der Waals surface area contributed by atoms with Crippen LogP contribution in [0.5, 0.6) is 0 Å². The number of rotatable bonds is 6. The molecule has 0 spiro atoms.